The van der Waals surface area contributed by atoms with E-state index in [0.29, 0.717) is 11.1 Å². The molecule has 32 heavy (non-hydrogen) atoms. The van der Waals surface area contributed by atoms with Crippen LogP contribution in [0.25, 0.3) is 0 Å². The second-order valence-corrected chi connectivity index (χ2v) is 7.62. The van der Waals surface area contributed by atoms with Gasteiger partial charge in [0, 0.05) is 11.1 Å². The molecule has 0 amide bonds. The first-order valence-corrected chi connectivity index (χ1v) is 10.0. The summed E-state index contributed by atoms with van der Waals surface area (Å²) in [5, 5.41) is 77.9. The molecule has 0 aliphatic carbocycles. The van der Waals surface area contributed by atoms with Gasteiger partial charge in [-0.15, -0.1) is 0 Å². The lowest BCUT2D eigenvalue weighted by molar-refractivity contribution is -0.214. The standard InChI is InChI=1S/C22H26O10/c23-9-15-19(27)21(29)17(25)13(31-15)6-4-11-2-1-3-12(8-11)5-7-14-18(26)22(30)20(28)16(10-24)32-14/h1-3,8,13-30H,9-10H2/t13?,14?,15?,16?,17?,18?,19-,20-,21?,22?/m1/s1. The van der Waals surface area contributed by atoms with Gasteiger partial charge >= 0.3 is 0 Å². The van der Waals surface area contributed by atoms with Crippen LogP contribution >= 0.6 is 0 Å². The summed E-state index contributed by atoms with van der Waals surface area (Å²) in [6, 6.07) is 6.59. The van der Waals surface area contributed by atoms with Crippen molar-refractivity contribution in [1.82, 2.24) is 0 Å². The zero-order valence-electron chi connectivity index (χ0n) is 16.9. The molecule has 3 rings (SSSR count). The highest BCUT2D eigenvalue weighted by Crippen LogP contribution is 2.22. The summed E-state index contributed by atoms with van der Waals surface area (Å²) >= 11 is 0. The third kappa shape index (κ3) is 5.29. The molecule has 174 valence electrons. The maximum absolute atomic E-state index is 10.1. The maximum Gasteiger partial charge on any atom is 0.147 e. The first kappa shape index (κ1) is 24.6. The molecule has 10 atom stereocenters. The molecule has 0 radical (unpaired) electrons. The van der Waals surface area contributed by atoms with Crippen molar-refractivity contribution in [1.29, 1.82) is 0 Å². The van der Waals surface area contributed by atoms with Gasteiger partial charge in [-0.05, 0) is 18.2 Å². The van der Waals surface area contributed by atoms with Crippen LogP contribution in [-0.4, -0.2) is 115 Å². The van der Waals surface area contributed by atoms with E-state index in [1.165, 1.54) is 0 Å². The van der Waals surface area contributed by atoms with Crippen molar-refractivity contribution >= 4 is 0 Å². The summed E-state index contributed by atoms with van der Waals surface area (Å²) in [4.78, 5) is 0. The van der Waals surface area contributed by atoms with Gasteiger partial charge in [0.1, 0.15) is 61.0 Å². The fourth-order valence-electron chi connectivity index (χ4n) is 3.43. The van der Waals surface area contributed by atoms with Crippen LogP contribution in [0.3, 0.4) is 0 Å². The predicted octanol–water partition coefficient (Wildman–Crippen LogP) is -3.93. The van der Waals surface area contributed by atoms with Crippen LogP contribution in [0.2, 0.25) is 0 Å². The number of benzene rings is 1. The van der Waals surface area contributed by atoms with E-state index >= 15 is 0 Å². The lowest BCUT2D eigenvalue weighted by atomic mass is 9.95. The maximum atomic E-state index is 10.1. The fraction of sp³-hybridized carbons (Fsp3) is 0.545. The van der Waals surface area contributed by atoms with Crippen LogP contribution in [0.15, 0.2) is 24.3 Å². The minimum absolute atomic E-state index is 0.488. The second-order valence-electron chi connectivity index (χ2n) is 7.62. The Bertz CT molecular complexity index is 826. The lowest BCUT2D eigenvalue weighted by Gasteiger charge is -2.37. The van der Waals surface area contributed by atoms with E-state index in [2.05, 4.69) is 23.7 Å². The predicted molar refractivity (Wildman–Crippen MR) is 108 cm³/mol. The van der Waals surface area contributed by atoms with Gasteiger partial charge in [0.15, 0.2) is 0 Å². The Morgan fingerprint density at radius 1 is 0.625 bits per heavy atom. The number of aliphatic hydroxyl groups is 8. The van der Waals surface area contributed by atoms with Crippen LogP contribution in [-0.2, 0) is 9.47 Å². The van der Waals surface area contributed by atoms with Crippen molar-refractivity contribution in [2.45, 2.75) is 61.0 Å². The summed E-state index contributed by atoms with van der Waals surface area (Å²) in [5.41, 5.74) is 0.977. The number of hydrogen-bond acceptors (Lipinski definition) is 10. The van der Waals surface area contributed by atoms with Crippen molar-refractivity contribution in [2.75, 3.05) is 13.2 Å². The minimum atomic E-state index is -1.52. The van der Waals surface area contributed by atoms with Gasteiger partial charge in [-0.1, -0.05) is 29.7 Å². The van der Waals surface area contributed by atoms with Gasteiger partial charge in [-0.3, -0.25) is 0 Å². The van der Waals surface area contributed by atoms with E-state index in [-0.39, 0.29) is 0 Å². The van der Waals surface area contributed by atoms with Gasteiger partial charge in [0.05, 0.1) is 13.2 Å². The van der Waals surface area contributed by atoms with Gasteiger partial charge < -0.3 is 50.3 Å². The smallest absolute Gasteiger partial charge is 0.147 e. The molecule has 8 N–H and O–H groups in total. The molecule has 0 aromatic heterocycles. The SMILES string of the molecule is OCC1OC(C#Cc2cccc(C#CC3OC(CO)[C@@H](O)C(O)C3O)c2)C(O)C(O)[C@@H]1O. The number of aliphatic hydroxyl groups excluding tert-OH is 8. The van der Waals surface area contributed by atoms with Crippen LogP contribution in [0.4, 0.5) is 0 Å². The average molecular weight is 450 g/mol. The van der Waals surface area contributed by atoms with E-state index in [0.717, 1.165) is 0 Å². The Labute approximate surface area is 184 Å². The Hall–Kier alpha value is -2.06. The first-order chi connectivity index (χ1) is 15.3. The summed E-state index contributed by atoms with van der Waals surface area (Å²) in [6.07, 6.45) is -13.3. The number of hydrogen-bond donors (Lipinski definition) is 8. The Morgan fingerprint density at radius 2 is 1.03 bits per heavy atom. The van der Waals surface area contributed by atoms with Crippen LogP contribution < -0.4 is 0 Å². The van der Waals surface area contributed by atoms with E-state index < -0.39 is 74.3 Å². The van der Waals surface area contributed by atoms with E-state index in [1.807, 2.05) is 0 Å². The van der Waals surface area contributed by atoms with Gasteiger partial charge in [0.25, 0.3) is 0 Å². The molecule has 2 saturated heterocycles. The van der Waals surface area contributed by atoms with Crippen LogP contribution in [0.5, 0.6) is 0 Å². The highest BCUT2D eigenvalue weighted by Gasteiger charge is 2.43. The minimum Gasteiger partial charge on any atom is -0.394 e. The summed E-state index contributed by atoms with van der Waals surface area (Å²) in [6.45, 7) is -1.10. The van der Waals surface area contributed by atoms with Crippen molar-refractivity contribution in [2.24, 2.45) is 0 Å². The molecule has 8 unspecified atom stereocenters. The van der Waals surface area contributed by atoms with Crippen LogP contribution in [0.1, 0.15) is 11.1 Å². The van der Waals surface area contributed by atoms with Gasteiger partial charge in [0.2, 0.25) is 0 Å². The van der Waals surface area contributed by atoms with Crippen molar-refractivity contribution in [3.8, 4) is 23.7 Å². The fourth-order valence-corrected chi connectivity index (χ4v) is 3.43. The number of rotatable bonds is 2. The molecular formula is C22H26O10. The molecule has 0 spiro atoms. The lowest BCUT2D eigenvalue weighted by Crippen LogP contribution is -2.58. The topological polar surface area (TPSA) is 180 Å². The molecule has 0 bridgehead atoms. The molecule has 2 fully saturated rings. The largest absolute Gasteiger partial charge is 0.394 e. The summed E-state index contributed by atoms with van der Waals surface area (Å²) in [7, 11) is 0. The molecule has 1 aromatic carbocycles. The Morgan fingerprint density at radius 3 is 1.41 bits per heavy atom. The zero-order valence-corrected chi connectivity index (χ0v) is 16.9. The third-order valence-electron chi connectivity index (χ3n) is 5.36. The first-order valence-electron chi connectivity index (χ1n) is 10.0. The van der Waals surface area contributed by atoms with Crippen molar-refractivity contribution < 1.29 is 50.3 Å². The molecule has 0 saturated carbocycles. The highest BCUT2D eigenvalue weighted by atomic mass is 16.5. The zero-order chi connectivity index (χ0) is 23.4. The van der Waals surface area contributed by atoms with Crippen molar-refractivity contribution in [3.05, 3.63) is 35.4 Å². The monoisotopic (exact) mass is 450 g/mol. The summed E-state index contributed by atoms with van der Waals surface area (Å²) < 4.78 is 10.7. The molecule has 2 heterocycles. The quantitative estimate of drug-likeness (QED) is 0.207. The molecule has 1 aromatic rings. The van der Waals surface area contributed by atoms with Crippen molar-refractivity contribution in [3.63, 3.8) is 0 Å². The van der Waals surface area contributed by atoms with E-state index in [4.69, 9.17) is 9.47 Å². The normalized spacial score (nSPS) is 39.4. The molecule has 2 aliphatic heterocycles. The molecule has 10 heteroatoms. The Kier molecular flexibility index (Phi) is 8.22. The average Bonchev–Trinajstić information content (AvgIpc) is 2.80. The third-order valence-corrected chi connectivity index (χ3v) is 5.36. The van der Waals surface area contributed by atoms with Crippen LogP contribution in [0, 0.1) is 23.7 Å². The van der Waals surface area contributed by atoms with Gasteiger partial charge in [-0.2, -0.15) is 0 Å². The molecule has 10 nitrogen and oxygen atoms in total. The van der Waals surface area contributed by atoms with E-state index in [1.54, 1.807) is 24.3 Å². The number of ether oxygens (including phenoxy) is 2. The van der Waals surface area contributed by atoms with Gasteiger partial charge in [-0.25, -0.2) is 0 Å². The summed E-state index contributed by atoms with van der Waals surface area (Å²) in [5.74, 6) is 10.9. The molecular weight excluding hydrogens is 424 g/mol. The highest BCUT2D eigenvalue weighted by molar-refractivity contribution is 5.44. The second kappa shape index (κ2) is 10.7. The Balaban J connectivity index is 1.74. The molecule has 2 aliphatic rings. The van der Waals surface area contributed by atoms with E-state index in [9.17, 15) is 40.9 Å².